The molecule has 140 valence electrons. The van der Waals surface area contributed by atoms with Gasteiger partial charge in [-0.1, -0.05) is 30.3 Å². The monoisotopic (exact) mass is 374 g/mol. The van der Waals surface area contributed by atoms with Crippen molar-refractivity contribution in [1.29, 1.82) is 0 Å². The quantitative estimate of drug-likeness (QED) is 0.760. The summed E-state index contributed by atoms with van der Waals surface area (Å²) >= 11 is 0. The van der Waals surface area contributed by atoms with Gasteiger partial charge in [0.15, 0.2) is 23.9 Å². The lowest BCUT2D eigenvalue weighted by Crippen LogP contribution is -2.29. The summed E-state index contributed by atoms with van der Waals surface area (Å²) in [7, 11) is 0. The van der Waals surface area contributed by atoms with Gasteiger partial charge >= 0.3 is 0 Å². The Morgan fingerprint density at radius 1 is 1.30 bits per heavy atom. The van der Waals surface area contributed by atoms with Crippen molar-refractivity contribution in [1.82, 2.24) is 9.88 Å². The Labute approximate surface area is 153 Å². The molecule has 0 unspecified atom stereocenters. The summed E-state index contributed by atoms with van der Waals surface area (Å²) in [6, 6.07) is 10.3. The molecule has 0 saturated carbocycles. The van der Waals surface area contributed by atoms with Gasteiger partial charge in [0.1, 0.15) is 18.5 Å². The van der Waals surface area contributed by atoms with E-state index in [9.17, 15) is 18.7 Å². The predicted octanol–water partition coefficient (Wildman–Crippen LogP) is 2.70. The first kappa shape index (κ1) is 17.4. The zero-order valence-corrected chi connectivity index (χ0v) is 14.1. The number of alkyl halides is 1. The summed E-state index contributed by atoms with van der Waals surface area (Å²) in [6.45, 7) is -0.459. The molecule has 1 N–H and O–H groups in total. The number of amides is 1. The Morgan fingerprint density at radius 3 is 2.89 bits per heavy atom. The molecule has 1 aliphatic heterocycles. The number of aliphatic hydroxyl groups is 1. The van der Waals surface area contributed by atoms with Gasteiger partial charge in [-0.2, -0.15) is 0 Å². The van der Waals surface area contributed by atoms with Crippen LogP contribution in [0.25, 0.3) is 10.8 Å². The van der Waals surface area contributed by atoms with Crippen molar-refractivity contribution in [2.24, 2.45) is 0 Å². The van der Waals surface area contributed by atoms with Gasteiger partial charge in [-0.3, -0.25) is 4.79 Å². The number of rotatable bonds is 4. The van der Waals surface area contributed by atoms with Gasteiger partial charge in [0, 0.05) is 5.39 Å². The Morgan fingerprint density at radius 2 is 2.11 bits per heavy atom. The van der Waals surface area contributed by atoms with Gasteiger partial charge in [-0.05, 0) is 11.5 Å². The number of carbonyl (C=O) groups excluding carboxylic acids is 1. The van der Waals surface area contributed by atoms with Crippen LogP contribution in [-0.4, -0.2) is 46.3 Å². The van der Waals surface area contributed by atoms with Crippen LogP contribution in [0.3, 0.4) is 0 Å². The highest BCUT2D eigenvalue weighted by atomic mass is 19.1. The van der Waals surface area contributed by atoms with E-state index in [1.165, 1.54) is 11.0 Å². The van der Waals surface area contributed by atoms with Crippen molar-refractivity contribution in [2.75, 3.05) is 13.1 Å². The highest BCUT2D eigenvalue weighted by Gasteiger charge is 2.35. The second-order valence-corrected chi connectivity index (χ2v) is 6.31. The minimum atomic E-state index is -1.47. The summed E-state index contributed by atoms with van der Waals surface area (Å²) in [4.78, 5) is 17.4. The molecule has 27 heavy (non-hydrogen) atoms. The van der Waals surface area contributed by atoms with Crippen molar-refractivity contribution in [3.63, 3.8) is 0 Å². The molecule has 1 aliphatic rings. The highest BCUT2D eigenvalue weighted by molar-refractivity contribution is 5.92. The predicted molar refractivity (Wildman–Crippen MR) is 91.5 cm³/mol. The fourth-order valence-corrected chi connectivity index (χ4v) is 3.01. The normalized spacial score (nSPS) is 19.6. The zero-order chi connectivity index (χ0) is 19.0. The first-order valence-corrected chi connectivity index (χ1v) is 8.39. The van der Waals surface area contributed by atoms with E-state index in [4.69, 9.17) is 9.15 Å². The number of fused-ring (bicyclic) bond motifs is 1. The Hall–Kier alpha value is -3.00. The van der Waals surface area contributed by atoms with E-state index in [0.717, 1.165) is 11.6 Å². The molecule has 0 radical (unpaired) electrons. The second kappa shape index (κ2) is 6.96. The van der Waals surface area contributed by atoms with Crippen molar-refractivity contribution in [3.8, 4) is 5.75 Å². The van der Waals surface area contributed by atoms with Crippen molar-refractivity contribution in [3.05, 3.63) is 60.1 Å². The van der Waals surface area contributed by atoms with Crippen LogP contribution in [0.5, 0.6) is 5.75 Å². The van der Waals surface area contributed by atoms with Gasteiger partial charge in [0.25, 0.3) is 5.91 Å². The molecule has 4 rings (SSSR count). The van der Waals surface area contributed by atoms with Crippen LogP contribution in [0.15, 0.2) is 47.1 Å². The summed E-state index contributed by atoms with van der Waals surface area (Å²) in [5.74, 6) is -0.901. The second-order valence-electron chi connectivity index (χ2n) is 6.31. The zero-order valence-electron chi connectivity index (χ0n) is 14.1. The molecule has 1 aromatic heterocycles. The van der Waals surface area contributed by atoms with Gasteiger partial charge in [-0.25, -0.2) is 13.8 Å². The molecule has 1 saturated heterocycles. The molecule has 0 bridgehead atoms. The number of aromatic nitrogens is 1. The standard InChI is InChI=1S/C19H16F2N2O4/c20-13-7-23(8-15(13)24)19(25)14-9-27-17(22-14)10-26-16-6-5-11-3-1-2-4-12(11)18(16)21/h1-6,9,13,15,24H,7-8,10H2/t13-,15-/m1/s1. The van der Waals surface area contributed by atoms with Crippen LogP contribution >= 0.6 is 0 Å². The number of benzene rings is 2. The van der Waals surface area contributed by atoms with Gasteiger partial charge in [0.05, 0.1) is 13.1 Å². The van der Waals surface area contributed by atoms with Gasteiger partial charge in [-0.15, -0.1) is 0 Å². The molecule has 8 heteroatoms. The topological polar surface area (TPSA) is 75.8 Å². The third-order valence-corrected chi connectivity index (χ3v) is 4.46. The summed E-state index contributed by atoms with van der Waals surface area (Å²) in [5.41, 5.74) is -0.0196. The molecule has 3 aromatic rings. The number of likely N-dealkylation sites (tertiary alicyclic amines) is 1. The first-order chi connectivity index (χ1) is 13.0. The lowest BCUT2D eigenvalue weighted by atomic mass is 10.1. The third-order valence-electron chi connectivity index (χ3n) is 4.46. The van der Waals surface area contributed by atoms with E-state index in [0.29, 0.717) is 5.39 Å². The number of aliphatic hydroxyl groups excluding tert-OH is 1. The van der Waals surface area contributed by atoms with E-state index < -0.39 is 24.0 Å². The molecule has 2 heterocycles. The van der Waals surface area contributed by atoms with E-state index >= 15 is 0 Å². The maximum atomic E-state index is 14.5. The number of β-amino-alcohol motifs (C(OH)–C–C–N with tert-alkyl or cyclic N) is 1. The molecule has 1 amide bonds. The molecule has 2 atom stereocenters. The van der Waals surface area contributed by atoms with Crippen LogP contribution < -0.4 is 4.74 Å². The largest absolute Gasteiger partial charge is 0.481 e. The Balaban J connectivity index is 1.44. The van der Waals surface area contributed by atoms with Crippen molar-refractivity contribution in [2.45, 2.75) is 18.9 Å². The average molecular weight is 374 g/mol. The van der Waals surface area contributed by atoms with E-state index in [2.05, 4.69) is 4.98 Å². The number of oxazole rings is 1. The summed E-state index contributed by atoms with van der Waals surface area (Å²) < 4.78 is 38.5. The molecular formula is C19H16F2N2O4. The SMILES string of the molecule is O=C(c1coc(COc2ccc3ccccc3c2F)n1)N1C[C@@H](O)[C@H](F)C1. The third kappa shape index (κ3) is 3.35. The van der Waals surface area contributed by atoms with Crippen LogP contribution in [-0.2, 0) is 6.61 Å². The van der Waals surface area contributed by atoms with Crippen LogP contribution in [0.2, 0.25) is 0 Å². The van der Waals surface area contributed by atoms with Gasteiger partial charge in [0.2, 0.25) is 5.89 Å². The maximum Gasteiger partial charge on any atom is 0.276 e. The van der Waals surface area contributed by atoms with Crippen LogP contribution in [0.4, 0.5) is 8.78 Å². The van der Waals surface area contributed by atoms with Crippen molar-refractivity contribution < 1.29 is 27.8 Å². The van der Waals surface area contributed by atoms with E-state index in [1.807, 2.05) is 6.07 Å². The minimum Gasteiger partial charge on any atom is -0.481 e. The van der Waals surface area contributed by atoms with Gasteiger partial charge < -0.3 is 19.2 Å². The fourth-order valence-electron chi connectivity index (χ4n) is 3.01. The van der Waals surface area contributed by atoms with Crippen LogP contribution in [0, 0.1) is 5.82 Å². The van der Waals surface area contributed by atoms with E-state index in [-0.39, 0.29) is 37.0 Å². The summed E-state index contributed by atoms with van der Waals surface area (Å²) in [6.07, 6.45) is -1.53. The molecule has 2 aromatic carbocycles. The Bertz CT molecular complexity index is 981. The summed E-state index contributed by atoms with van der Waals surface area (Å²) in [5, 5.41) is 10.6. The number of hydrogen-bond donors (Lipinski definition) is 1. The van der Waals surface area contributed by atoms with E-state index in [1.54, 1.807) is 24.3 Å². The number of ether oxygens (including phenoxy) is 1. The van der Waals surface area contributed by atoms with Crippen molar-refractivity contribution >= 4 is 16.7 Å². The average Bonchev–Trinajstić information content (AvgIpc) is 3.28. The number of hydrogen-bond acceptors (Lipinski definition) is 5. The fraction of sp³-hybridized carbons (Fsp3) is 0.263. The molecule has 6 nitrogen and oxygen atoms in total. The molecule has 0 spiro atoms. The number of carbonyl (C=O) groups is 1. The minimum absolute atomic E-state index is 0.0196. The molecule has 0 aliphatic carbocycles. The van der Waals surface area contributed by atoms with Crippen LogP contribution in [0.1, 0.15) is 16.4 Å². The highest BCUT2D eigenvalue weighted by Crippen LogP contribution is 2.27. The lowest BCUT2D eigenvalue weighted by Gasteiger charge is -2.12. The number of halogens is 2. The number of nitrogens with zero attached hydrogens (tertiary/aromatic N) is 2. The first-order valence-electron chi connectivity index (χ1n) is 8.39. The molecule has 1 fully saturated rings. The smallest absolute Gasteiger partial charge is 0.276 e. The Kier molecular flexibility index (Phi) is 4.49. The lowest BCUT2D eigenvalue weighted by molar-refractivity contribution is 0.0758. The molecular weight excluding hydrogens is 358 g/mol. The maximum absolute atomic E-state index is 14.5.